The molecule has 1 saturated heterocycles. The Labute approximate surface area is 97.7 Å². The summed E-state index contributed by atoms with van der Waals surface area (Å²) >= 11 is 0. The van der Waals surface area contributed by atoms with Crippen LogP contribution in [0.25, 0.3) is 0 Å². The van der Waals surface area contributed by atoms with Gasteiger partial charge in [-0.1, -0.05) is 19.3 Å². The minimum Gasteiger partial charge on any atom is -0.352 e. The first-order valence-electron chi connectivity index (χ1n) is 6.45. The molecule has 2 rings (SSSR count). The monoisotopic (exact) mass is 222 g/mol. The molecule has 3 nitrogen and oxygen atoms in total. The van der Waals surface area contributed by atoms with Crippen molar-refractivity contribution in [2.24, 2.45) is 5.92 Å². The Morgan fingerprint density at radius 1 is 1.31 bits per heavy atom. The maximum absolute atomic E-state index is 11.8. The fraction of sp³-hybridized carbons (Fsp3) is 0.769. The summed E-state index contributed by atoms with van der Waals surface area (Å²) in [5.41, 5.74) is 2.19. The predicted molar refractivity (Wildman–Crippen MR) is 65.2 cm³/mol. The molecule has 1 amide bonds. The normalized spacial score (nSPS) is 21.4. The highest BCUT2D eigenvalue weighted by atomic mass is 16.1. The second-order valence-corrected chi connectivity index (χ2v) is 5.05. The van der Waals surface area contributed by atoms with Gasteiger partial charge in [-0.2, -0.15) is 0 Å². The molecule has 0 aromatic heterocycles. The second-order valence-electron chi connectivity index (χ2n) is 5.05. The van der Waals surface area contributed by atoms with Gasteiger partial charge < -0.3 is 10.6 Å². The average molecular weight is 222 g/mol. The van der Waals surface area contributed by atoms with Gasteiger partial charge in [0, 0.05) is 25.2 Å². The third-order valence-corrected chi connectivity index (χ3v) is 3.82. The van der Waals surface area contributed by atoms with Crippen LogP contribution in [0.1, 0.15) is 39.0 Å². The highest BCUT2D eigenvalue weighted by Crippen LogP contribution is 2.22. The molecule has 0 unspecified atom stereocenters. The Morgan fingerprint density at radius 3 is 2.56 bits per heavy atom. The van der Waals surface area contributed by atoms with Crippen LogP contribution in [-0.2, 0) is 4.79 Å². The fourth-order valence-corrected chi connectivity index (χ4v) is 2.44. The van der Waals surface area contributed by atoms with E-state index in [1.165, 1.54) is 37.7 Å². The number of carbonyl (C=O) groups excluding carboxylic acids is 1. The molecule has 2 aliphatic rings. The van der Waals surface area contributed by atoms with Gasteiger partial charge in [-0.05, 0) is 31.3 Å². The van der Waals surface area contributed by atoms with Gasteiger partial charge in [-0.15, -0.1) is 0 Å². The maximum Gasteiger partial charge on any atom is 0.246 e. The SMILES string of the molecule is CC(C(=O)NCC1CCCCC1)=C1CNC1. The van der Waals surface area contributed by atoms with Crippen molar-refractivity contribution < 1.29 is 4.79 Å². The zero-order chi connectivity index (χ0) is 11.4. The standard InChI is InChI=1S/C13H22N2O/c1-10(12-8-14-9-12)13(16)15-7-11-5-3-2-4-6-11/h11,14H,2-9H2,1H3,(H,15,16). The van der Waals surface area contributed by atoms with Crippen molar-refractivity contribution in [1.29, 1.82) is 0 Å². The minimum atomic E-state index is 0.141. The van der Waals surface area contributed by atoms with E-state index in [1.807, 2.05) is 6.92 Å². The molecule has 0 radical (unpaired) electrons. The van der Waals surface area contributed by atoms with E-state index in [-0.39, 0.29) is 5.91 Å². The van der Waals surface area contributed by atoms with E-state index in [0.717, 1.165) is 31.1 Å². The number of hydrogen-bond donors (Lipinski definition) is 2. The van der Waals surface area contributed by atoms with E-state index in [0.29, 0.717) is 0 Å². The molecular weight excluding hydrogens is 200 g/mol. The van der Waals surface area contributed by atoms with Crippen LogP contribution in [0, 0.1) is 5.92 Å². The molecule has 1 saturated carbocycles. The van der Waals surface area contributed by atoms with E-state index in [2.05, 4.69) is 10.6 Å². The number of carbonyl (C=O) groups is 1. The third kappa shape index (κ3) is 2.85. The second kappa shape index (κ2) is 5.48. The highest BCUT2D eigenvalue weighted by molar-refractivity contribution is 5.93. The van der Waals surface area contributed by atoms with Gasteiger partial charge in [0.1, 0.15) is 0 Å². The van der Waals surface area contributed by atoms with E-state index in [4.69, 9.17) is 0 Å². The molecule has 90 valence electrons. The molecular formula is C13H22N2O. The van der Waals surface area contributed by atoms with E-state index >= 15 is 0 Å². The summed E-state index contributed by atoms with van der Waals surface area (Å²) in [5, 5.41) is 6.24. The molecule has 2 N–H and O–H groups in total. The minimum absolute atomic E-state index is 0.141. The van der Waals surface area contributed by atoms with Gasteiger partial charge in [-0.25, -0.2) is 0 Å². The lowest BCUT2D eigenvalue weighted by Crippen LogP contribution is -2.38. The lowest BCUT2D eigenvalue weighted by atomic mass is 9.89. The Balaban J connectivity index is 1.74. The van der Waals surface area contributed by atoms with E-state index in [9.17, 15) is 4.79 Å². The van der Waals surface area contributed by atoms with Crippen LogP contribution in [0.5, 0.6) is 0 Å². The van der Waals surface area contributed by atoms with Crippen molar-refractivity contribution in [1.82, 2.24) is 10.6 Å². The highest BCUT2D eigenvalue weighted by Gasteiger charge is 2.18. The molecule has 3 heteroatoms. The van der Waals surface area contributed by atoms with Crippen LogP contribution >= 0.6 is 0 Å². The lowest BCUT2D eigenvalue weighted by molar-refractivity contribution is -0.117. The van der Waals surface area contributed by atoms with Crippen molar-refractivity contribution in [2.75, 3.05) is 19.6 Å². The summed E-state index contributed by atoms with van der Waals surface area (Å²) in [7, 11) is 0. The van der Waals surface area contributed by atoms with Gasteiger partial charge in [0.2, 0.25) is 5.91 Å². The predicted octanol–water partition coefficient (Wildman–Crippen LogP) is 1.60. The first-order chi connectivity index (χ1) is 7.77. The van der Waals surface area contributed by atoms with Gasteiger partial charge in [0.15, 0.2) is 0 Å². The summed E-state index contributed by atoms with van der Waals surface area (Å²) in [4.78, 5) is 11.8. The van der Waals surface area contributed by atoms with E-state index < -0.39 is 0 Å². The van der Waals surface area contributed by atoms with Crippen LogP contribution in [0.4, 0.5) is 0 Å². The van der Waals surface area contributed by atoms with Crippen LogP contribution in [-0.4, -0.2) is 25.5 Å². The number of amides is 1. The van der Waals surface area contributed by atoms with Crippen molar-refractivity contribution in [3.8, 4) is 0 Å². The molecule has 16 heavy (non-hydrogen) atoms. The Bertz CT molecular complexity index is 284. The number of rotatable bonds is 3. The molecule has 1 aliphatic heterocycles. The van der Waals surface area contributed by atoms with Gasteiger partial charge >= 0.3 is 0 Å². The van der Waals surface area contributed by atoms with Crippen LogP contribution < -0.4 is 10.6 Å². The molecule has 0 spiro atoms. The summed E-state index contributed by atoms with van der Waals surface area (Å²) in [6.07, 6.45) is 6.63. The molecule has 0 atom stereocenters. The van der Waals surface area contributed by atoms with Gasteiger partial charge in [0.25, 0.3) is 0 Å². The van der Waals surface area contributed by atoms with Crippen molar-refractivity contribution in [3.63, 3.8) is 0 Å². The van der Waals surface area contributed by atoms with Crippen molar-refractivity contribution in [3.05, 3.63) is 11.1 Å². The number of hydrogen-bond acceptors (Lipinski definition) is 2. The Hall–Kier alpha value is -0.830. The molecule has 0 aromatic rings. The summed E-state index contributed by atoms with van der Waals surface area (Å²) < 4.78 is 0. The van der Waals surface area contributed by atoms with Crippen molar-refractivity contribution >= 4 is 5.91 Å². The van der Waals surface area contributed by atoms with E-state index in [1.54, 1.807) is 0 Å². The van der Waals surface area contributed by atoms with Crippen LogP contribution in [0.3, 0.4) is 0 Å². The fourth-order valence-electron chi connectivity index (χ4n) is 2.44. The Kier molecular flexibility index (Phi) is 3.99. The van der Waals surface area contributed by atoms with Gasteiger partial charge in [0.05, 0.1) is 0 Å². The van der Waals surface area contributed by atoms with Gasteiger partial charge in [-0.3, -0.25) is 4.79 Å². The zero-order valence-electron chi connectivity index (χ0n) is 10.1. The molecule has 0 aromatic carbocycles. The van der Waals surface area contributed by atoms with Crippen molar-refractivity contribution in [2.45, 2.75) is 39.0 Å². The quantitative estimate of drug-likeness (QED) is 0.712. The topological polar surface area (TPSA) is 41.1 Å². The van der Waals surface area contributed by atoms with Crippen LogP contribution in [0.15, 0.2) is 11.1 Å². The number of nitrogens with one attached hydrogen (secondary N) is 2. The zero-order valence-corrected chi connectivity index (χ0v) is 10.1. The molecule has 0 bridgehead atoms. The lowest BCUT2D eigenvalue weighted by Gasteiger charge is -2.24. The third-order valence-electron chi connectivity index (χ3n) is 3.82. The summed E-state index contributed by atoms with van der Waals surface area (Å²) in [5.74, 6) is 0.858. The summed E-state index contributed by atoms with van der Waals surface area (Å²) in [6, 6.07) is 0. The largest absolute Gasteiger partial charge is 0.352 e. The maximum atomic E-state index is 11.8. The Morgan fingerprint density at radius 2 is 2.00 bits per heavy atom. The molecule has 1 heterocycles. The molecule has 1 aliphatic carbocycles. The average Bonchev–Trinajstić information content (AvgIpc) is 2.25. The van der Waals surface area contributed by atoms with Crippen LogP contribution in [0.2, 0.25) is 0 Å². The first kappa shape index (κ1) is 11.6. The molecule has 2 fully saturated rings. The first-order valence-corrected chi connectivity index (χ1v) is 6.45. The smallest absolute Gasteiger partial charge is 0.246 e. The summed E-state index contributed by atoms with van der Waals surface area (Å²) in [6.45, 7) is 4.59.